The molecule has 0 aliphatic rings. The van der Waals surface area contributed by atoms with E-state index in [1.165, 1.54) is 25.8 Å². The molecule has 1 unspecified atom stereocenters. The highest BCUT2D eigenvalue weighted by Crippen LogP contribution is 2.05. The zero-order chi connectivity index (χ0) is 10.8. The summed E-state index contributed by atoms with van der Waals surface area (Å²) >= 11 is 4.16. The first-order valence-corrected chi connectivity index (χ1v) is 6.39. The third-order valence-corrected chi connectivity index (χ3v) is 2.84. The standard InChI is InChI=1S/C12H25NS/c1-4-6-9-13(12(3)5-2)10-7-8-11-14/h7-8,12,14H,4-6,9-11H2,1-3H3. The summed E-state index contributed by atoms with van der Waals surface area (Å²) in [6, 6.07) is 0.700. The fourth-order valence-electron chi connectivity index (χ4n) is 1.40. The van der Waals surface area contributed by atoms with Gasteiger partial charge in [0.2, 0.25) is 0 Å². The van der Waals surface area contributed by atoms with Crippen LogP contribution in [0.1, 0.15) is 40.0 Å². The predicted molar refractivity (Wildman–Crippen MR) is 69.2 cm³/mol. The first kappa shape index (κ1) is 14.1. The summed E-state index contributed by atoms with van der Waals surface area (Å²) in [5.74, 6) is 0.849. The lowest BCUT2D eigenvalue weighted by Crippen LogP contribution is -2.33. The quantitative estimate of drug-likeness (QED) is 0.480. The summed E-state index contributed by atoms with van der Waals surface area (Å²) in [4.78, 5) is 2.55. The van der Waals surface area contributed by atoms with Crippen LogP contribution in [0.25, 0.3) is 0 Å². The molecule has 1 nitrogen and oxygen atoms in total. The maximum absolute atomic E-state index is 4.16. The molecule has 0 heterocycles. The molecule has 0 amide bonds. The van der Waals surface area contributed by atoms with Gasteiger partial charge in [-0.1, -0.05) is 32.4 Å². The van der Waals surface area contributed by atoms with E-state index < -0.39 is 0 Å². The Morgan fingerprint density at radius 1 is 1.29 bits per heavy atom. The van der Waals surface area contributed by atoms with Gasteiger partial charge in [0.15, 0.2) is 0 Å². The van der Waals surface area contributed by atoms with Crippen molar-refractivity contribution in [2.24, 2.45) is 0 Å². The zero-order valence-corrected chi connectivity index (χ0v) is 10.8. The summed E-state index contributed by atoms with van der Waals surface area (Å²) in [6.45, 7) is 9.12. The Kier molecular flexibility index (Phi) is 9.63. The van der Waals surface area contributed by atoms with Crippen LogP contribution in [0, 0.1) is 0 Å². The lowest BCUT2D eigenvalue weighted by Gasteiger charge is -2.26. The summed E-state index contributed by atoms with van der Waals surface area (Å²) < 4.78 is 0. The Morgan fingerprint density at radius 3 is 2.50 bits per heavy atom. The number of thiol groups is 1. The molecular weight excluding hydrogens is 190 g/mol. The van der Waals surface area contributed by atoms with Crippen LogP contribution < -0.4 is 0 Å². The van der Waals surface area contributed by atoms with E-state index in [0.717, 1.165) is 12.3 Å². The molecule has 0 aromatic heterocycles. The van der Waals surface area contributed by atoms with Gasteiger partial charge in [-0.2, -0.15) is 12.6 Å². The molecule has 0 aromatic rings. The lowest BCUT2D eigenvalue weighted by atomic mass is 10.2. The smallest absolute Gasteiger partial charge is 0.0166 e. The maximum atomic E-state index is 4.16. The van der Waals surface area contributed by atoms with Gasteiger partial charge in [-0.25, -0.2) is 0 Å². The van der Waals surface area contributed by atoms with Gasteiger partial charge < -0.3 is 0 Å². The Balaban J connectivity index is 3.89. The van der Waals surface area contributed by atoms with E-state index in [4.69, 9.17) is 0 Å². The highest BCUT2D eigenvalue weighted by atomic mass is 32.1. The van der Waals surface area contributed by atoms with E-state index in [9.17, 15) is 0 Å². The highest BCUT2D eigenvalue weighted by molar-refractivity contribution is 7.80. The molecule has 14 heavy (non-hydrogen) atoms. The maximum Gasteiger partial charge on any atom is 0.0166 e. The van der Waals surface area contributed by atoms with E-state index in [-0.39, 0.29) is 0 Å². The molecule has 0 aliphatic carbocycles. The molecule has 0 N–H and O–H groups in total. The fraction of sp³-hybridized carbons (Fsp3) is 0.833. The van der Waals surface area contributed by atoms with Crippen LogP contribution >= 0.6 is 12.6 Å². The molecule has 0 saturated heterocycles. The van der Waals surface area contributed by atoms with Crippen LogP contribution in [0.2, 0.25) is 0 Å². The average molecular weight is 215 g/mol. The fourth-order valence-corrected chi connectivity index (χ4v) is 1.54. The molecule has 0 rings (SSSR count). The monoisotopic (exact) mass is 215 g/mol. The minimum atomic E-state index is 0.700. The van der Waals surface area contributed by atoms with Crippen molar-refractivity contribution >= 4 is 12.6 Å². The van der Waals surface area contributed by atoms with Crippen LogP contribution in [0.4, 0.5) is 0 Å². The van der Waals surface area contributed by atoms with Gasteiger partial charge in [-0.15, -0.1) is 0 Å². The number of nitrogens with zero attached hydrogens (tertiary/aromatic N) is 1. The molecule has 0 bridgehead atoms. The molecule has 0 aromatic carbocycles. The summed E-state index contributed by atoms with van der Waals surface area (Å²) in [5.41, 5.74) is 0. The molecule has 1 atom stereocenters. The van der Waals surface area contributed by atoms with Crippen molar-refractivity contribution in [3.63, 3.8) is 0 Å². The van der Waals surface area contributed by atoms with Gasteiger partial charge in [0.1, 0.15) is 0 Å². The predicted octanol–water partition coefficient (Wildman–Crippen LogP) is 3.37. The van der Waals surface area contributed by atoms with Gasteiger partial charge in [0.05, 0.1) is 0 Å². The summed E-state index contributed by atoms with van der Waals surface area (Å²) in [5, 5.41) is 0. The number of hydrogen-bond acceptors (Lipinski definition) is 2. The SMILES string of the molecule is CCCCN(CC=CCS)C(C)CC. The van der Waals surface area contributed by atoms with Gasteiger partial charge in [0, 0.05) is 18.3 Å². The van der Waals surface area contributed by atoms with Crippen molar-refractivity contribution in [2.45, 2.75) is 46.1 Å². The number of rotatable bonds is 8. The van der Waals surface area contributed by atoms with E-state index in [0.29, 0.717) is 6.04 Å². The molecule has 2 heteroatoms. The second kappa shape index (κ2) is 9.60. The molecule has 0 fully saturated rings. The highest BCUT2D eigenvalue weighted by Gasteiger charge is 2.08. The van der Waals surface area contributed by atoms with E-state index >= 15 is 0 Å². The second-order valence-corrected chi connectivity index (χ2v) is 4.12. The van der Waals surface area contributed by atoms with Crippen LogP contribution in [-0.2, 0) is 0 Å². The van der Waals surface area contributed by atoms with Crippen LogP contribution in [0.3, 0.4) is 0 Å². The zero-order valence-electron chi connectivity index (χ0n) is 9.87. The lowest BCUT2D eigenvalue weighted by molar-refractivity contribution is 0.223. The average Bonchev–Trinajstić information content (AvgIpc) is 2.22. The first-order chi connectivity index (χ1) is 6.76. The normalized spacial score (nSPS) is 14.1. The van der Waals surface area contributed by atoms with Crippen molar-refractivity contribution in [3.05, 3.63) is 12.2 Å². The number of hydrogen-bond donors (Lipinski definition) is 1. The Labute approximate surface area is 95.0 Å². The molecule has 0 aliphatic heterocycles. The van der Waals surface area contributed by atoms with E-state index in [2.05, 4.69) is 50.5 Å². The van der Waals surface area contributed by atoms with E-state index in [1.54, 1.807) is 0 Å². The van der Waals surface area contributed by atoms with Crippen molar-refractivity contribution < 1.29 is 0 Å². The van der Waals surface area contributed by atoms with Gasteiger partial charge in [-0.3, -0.25) is 4.90 Å². The third kappa shape index (κ3) is 6.50. The largest absolute Gasteiger partial charge is 0.297 e. The Morgan fingerprint density at radius 2 is 2.00 bits per heavy atom. The van der Waals surface area contributed by atoms with E-state index in [1.807, 2.05) is 0 Å². The second-order valence-electron chi connectivity index (χ2n) is 3.76. The third-order valence-electron chi connectivity index (χ3n) is 2.63. The number of unbranched alkanes of at least 4 members (excludes halogenated alkanes) is 1. The van der Waals surface area contributed by atoms with Crippen molar-refractivity contribution in [2.75, 3.05) is 18.8 Å². The summed E-state index contributed by atoms with van der Waals surface area (Å²) in [7, 11) is 0. The van der Waals surface area contributed by atoms with Crippen LogP contribution in [-0.4, -0.2) is 29.8 Å². The minimum absolute atomic E-state index is 0.700. The van der Waals surface area contributed by atoms with Gasteiger partial charge in [-0.05, 0) is 26.3 Å². The Bertz CT molecular complexity index is 145. The molecule has 0 saturated carbocycles. The minimum Gasteiger partial charge on any atom is -0.297 e. The summed E-state index contributed by atoms with van der Waals surface area (Å²) in [6.07, 6.45) is 8.18. The molecule has 0 radical (unpaired) electrons. The molecule has 84 valence electrons. The molecular formula is C12H25NS. The van der Waals surface area contributed by atoms with Gasteiger partial charge in [0.25, 0.3) is 0 Å². The Hall–Kier alpha value is 0.0500. The van der Waals surface area contributed by atoms with Crippen LogP contribution in [0.5, 0.6) is 0 Å². The van der Waals surface area contributed by atoms with Crippen LogP contribution in [0.15, 0.2) is 12.2 Å². The van der Waals surface area contributed by atoms with Crippen molar-refractivity contribution in [1.82, 2.24) is 4.90 Å². The van der Waals surface area contributed by atoms with Crippen molar-refractivity contribution in [1.29, 1.82) is 0 Å². The first-order valence-electron chi connectivity index (χ1n) is 5.76. The van der Waals surface area contributed by atoms with Gasteiger partial charge >= 0.3 is 0 Å². The molecule has 0 spiro atoms. The topological polar surface area (TPSA) is 3.24 Å². The van der Waals surface area contributed by atoms with Crippen molar-refractivity contribution in [3.8, 4) is 0 Å².